The zero-order chi connectivity index (χ0) is 27.9. The number of amides is 2. The van der Waals surface area contributed by atoms with Gasteiger partial charge < -0.3 is 10.2 Å². The Kier molecular flexibility index (Phi) is 9.63. The number of carbonyl (C=O) groups is 2. The molecule has 9 heteroatoms. The van der Waals surface area contributed by atoms with Crippen LogP contribution in [0.25, 0.3) is 0 Å². The van der Waals surface area contributed by atoms with Crippen LogP contribution in [0, 0.1) is 19.7 Å². The largest absolute Gasteiger partial charge is 0.355 e. The monoisotopic (exact) mass is 539 g/mol. The lowest BCUT2D eigenvalue weighted by atomic mass is 10.1. The zero-order valence-electron chi connectivity index (χ0n) is 22.1. The lowest BCUT2D eigenvalue weighted by molar-refractivity contribution is -0.140. The fourth-order valence-electron chi connectivity index (χ4n) is 4.22. The molecule has 0 radical (unpaired) electrons. The number of sulfonamides is 1. The number of anilines is 1. The number of hydrogen-bond donors (Lipinski definition) is 1. The first-order valence-corrected chi connectivity index (χ1v) is 14.0. The summed E-state index contributed by atoms with van der Waals surface area (Å²) in [4.78, 5) is 28.3. The van der Waals surface area contributed by atoms with Crippen molar-refractivity contribution in [3.8, 4) is 0 Å². The van der Waals surface area contributed by atoms with E-state index in [9.17, 15) is 22.4 Å². The lowest BCUT2D eigenvalue weighted by Gasteiger charge is -2.33. The standard InChI is InChI=1S/C29H34FN3O4S/c1-5-26(29(35)31-6-2)32(19-23-14-16-24(30)17-15-23)28(34)20-33(27-18-21(3)12-13-22(27)4)38(36,37)25-10-8-7-9-11-25/h7-18,26H,5-6,19-20H2,1-4H3,(H,31,35). The van der Waals surface area contributed by atoms with E-state index >= 15 is 0 Å². The minimum Gasteiger partial charge on any atom is -0.355 e. The Morgan fingerprint density at radius 2 is 1.61 bits per heavy atom. The first-order chi connectivity index (χ1) is 18.1. The lowest BCUT2D eigenvalue weighted by Crippen LogP contribution is -2.52. The van der Waals surface area contributed by atoms with Gasteiger partial charge in [-0.2, -0.15) is 0 Å². The molecule has 1 N–H and O–H groups in total. The molecule has 0 saturated carbocycles. The van der Waals surface area contributed by atoms with E-state index in [0.717, 1.165) is 9.87 Å². The van der Waals surface area contributed by atoms with E-state index in [1.807, 2.05) is 19.1 Å². The van der Waals surface area contributed by atoms with E-state index in [-0.39, 0.29) is 17.3 Å². The fraction of sp³-hybridized carbons (Fsp3) is 0.310. The summed E-state index contributed by atoms with van der Waals surface area (Å²) in [6, 6.07) is 18.2. The third-order valence-corrected chi connectivity index (χ3v) is 8.02. The molecule has 38 heavy (non-hydrogen) atoms. The van der Waals surface area contributed by atoms with E-state index in [1.54, 1.807) is 57.2 Å². The van der Waals surface area contributed by atoms with Crippen molar-refractivity contribution >= 4 is 27.5 Å². The third kappa shape index (κ3) is 6.77. The molecule has 0 fully saturated rings. The topological polar surface area (TPSA) is 86.8 Å². The van der Waals surface area contributed by atoms with Gasteiger partial charge in [-0.3, -0.25) is 13.9 Å². The van der Waals surface area contributed by atoms with Crippen molar-refractivity contribution < 1.29 is 22.4 Å². The molecule has 0 spiro atoms. The summed E-state index contributed by atoms with van der Waals surface area (Å²) in [5.41, 5.74) is 2.52. The van der Waals surface area contributed by atoms with Crippen LogP contribution >= 0.6 is 0 Å². The van der Waals surface area contributed by atoms with Gasteiger partial charge in [0.25, 0.3) is 10.0 Å². The quantitative estimate of drug-likeness (QED) is 0.387. The van der Waals surface area contributed by atoms with Crippen LogP contribution in [0.1, 0.15) is 37.0 Å². The molecule has 3 aromatic carbocycles. The van der Waals surface area contributed by atoms with Crippen LogP contribution in [-0.4, -0.2) is 44.3 Å². The zero-order valence-corrected chi connectivity index (χ0v) is 23.0. The van der Waals surface area contributed by atoms with Crippen LogP contribution in [0.15, 0.2) is 77.7 Å². The summed E-state index contributed by atoms with van der Waals surface area (Å²) < 4.78 is 42.4. The van der Waals surface area contributed by atoms with Crippen molar-refractivity contribution in [1.82, 2.24) is 10.2 Å². The summed E-state index contributed by atoms with van der Waals surface area (Å²) in [6.07, 6.45) is 0.313. The third-order valence-electron chi connectivity index (χ3n) is 6.25. The first-order valence-electron chi connectivity index (χ1n) is 12.5. The molecule has 0 aliphatic carbocycles. The van der Waals surface area contributed by atoms with Gasteiger partial charge in [-0.1, -0.05) is 49.4 Å². The minimum atomic E-state index is -4.13. The van der Waals surface area contributed by atoms with Crippen LogP contribution in [-0.2, 0) is 26.2 Å². The van der Waals surface area contributed by atoms with Gasteiger partial charge in [0.1, 0.15) is 18.4 Å². The van der Waals surface area contributed by atoms with Crippen LogP contribution in [0.4, 0.5) is 10.1 Å². The van der Waals surface area contributed by atoms with Gasteiger partial charge in [-0.15, -0.1) is 0 Å². The maximum atomic E-state index is 13.9. The second kappa shape index (κ2) is 12.7. The van der Waals surface area contributed by atoms with E-state index < -0.39 is 34.3 Å². The smallest absolute Gasteiger partial charge is 0.264 e. The summed E-state index contributed by atoms with van der Waals surface area (Å²) in [6.45, 7) is 7.08. The number of aryl methyl sites for hydroxylation is 2. The molecule has 3 aromatic rings. The second-order valence-corrected chi connectivity index (χ2v) is 10.9. The number of rotatable bonds is 11. The first kappa shape index (κ1) is 28.8. The van der Waals surface area contributed by atoms with Crippen LogP contribution in [0.2, 0.25) is 0 Å². The van der Waals surface area contributed by atoms with E-state index in [1.165, 1.54) is 29.2 Å². The van der Waals surface area contributed by atoms with Crippen molar-refractivity contribution in [3.05, 3.63) is 95.3 Å². The van der Waals surface area contributed by atoms with Crippen molar-refractivity contribution in [2.45, 2.75) is 51.6 Å². The average Bonchev–Trinajstić information content (AvgIpc) is 2.90. The minimum absolute atomic E-state index is 0.0147. The van der Waals surface area contributed by atoms with Crippen molar-refractivity contribution in [3.63, 3.8) is 0 Å². The highest BCUT2D eigenvalue weighted by atomic mass is 32.2. The Balaban J connectivity index is 2.08. The predicted molar refractivity (Wildman–Crippen MR) is 147 cm³/mol. The molecular weight excluding hydrogens is 505 g/mol. The molecular formula is C29H34FN3O4S. The van der Waals surface area contributed by atoms with E-state index in [4.69, 9.17) is 0 Å². The second-order valence-electron chi connectivity index (χ2n) is 9.08. The van der Waals surface area contributed by atoms with Gasteiger partial charge in [-0.05, 0) is 74.2 Å². The number of halogens is 1. The fourth-order valence-corrected chi connectivity index (χ4v) is 5.71. The van der Waals surface area contributed by atoms with Crippen LogP contribution in [0.3, 0.4) is 0 Å². The van der Waals surface area contributed by atoms with E-state index in [2.05, 4.69) is 5.32 Å². The normalized spacial score (nSPS) is 12.0. The number of benzene rings is 3. The number of carbonyl (C=O) groups excluding carboxylic acids is 2. The number of hydrogen-bond acceptors (Lipinski definition) is 4. The number of likely N-dealkylation sites (N-methyl/N-ethyl adjacent to an activating group) is 1. The van der Waals surface area contributed by atoms with Gasteiger partial charge in [0, 0.05) is 13.1 Å². The molecule has 0 heterocycles. The molecule has 0 saturated heterocycles. The molecule has 7 nitrogen and oxygen atoms in total. The Morgan fingerprint density at radius 3 is 2.21 bits per heavy atom. The SMILES string of the molecule is CCNC(=O)C(CC)N(Cc1ccc(F)cc1)C(=O)CN(c1cc(C)ccc1C)S(=O)(=O)c1ccccc1. The molecule has 1 unspecified atom stereocenters. The van der Waals surface area contributed by atoms with Gasteiger partial charge >= 0.3 is 0 Å². The Bertz CT molecular complexity index is 1360. The molecule has 202 valence electrons. The van der Waals surface area contributed by atoms with Crippen LogP contribution in [0.5, 0.6) is 0 Å². The molecule has 2 amide bonds. The predicted octanol–water partition coefficient (Wildman–Crippen LogP) is 4.58. The molecule has 0 aliphatic heterocycles. The van der Waals surface area contributed by atoms with Gasteiger partial charge in [-0.25, -0.2) is 12.8 Å². The molecule has 3 rings (SSSR count). The summed E-state index contributed by atoms with van der Waals surface area (Å²) in [5, 5.41) is 2.76. The van der Waals surface area contributed by atoms with Gasteiger partial charge in [0.15, 0.2) is 0 Å². The van der Waals surface area contributed by atoms with Crippen molar-refractivity contribution in [1.29, 1.82) is 0 Å². The highest BCUT2D eigenvalue weighted by Gasteiger charge is 2.34. The summed E-state index contributed by atoms with van der Waals surface area (Å²) in [5.74, 6) is -1.31. The Morgan fingerprint density at radius 1 is 0.947 bits per heavy atom. The average molecular weight is 540 g/mol. The highest BCUT2D eigenvalue weighted by Crippen LogP contribution is 2.28. The van der Waals surface area contributed by atoms with Gasteiger partial charge in [0.2, 0.25) is 11.8 Å². The van der Waals surface area contributed by atoms with E-state index in [0.29, 0.717) is 29.8 Å². The maximum absolute atomic E-state index is 13.9. The summed E-state index contributed by atoms with van der Waals surface area (Å²) >= 11 is 0. The van der Waals surface area contributed by atoms with Gasteiger partial charge in [0.05, 0.1) is 10.6 Å². The molecule has 0 bridgehead atoms. The van der Waals surface area contributed by atoms with Crippen molar-refractivity contribution in [2.24, 2.45) is 0 Å². The molecule has 1 atom stereocenters. The molecule has 0 aliphatic rings. The Hall–Kier alpha value is -3.72. The number of nitrogens with one attached hydrogen (secondary N) is 1. The maximum Gasteiger partial charge on any atom is 0.264 e. The highest BCUT2D eigenvalue weighted by molar-refractivity contribution is 7.92. The van der Waals surface area contributed by atoms with Crippen LogP contribution < -0.4 is 9.62 Å². The van der Waals surface area contributed by atoms with Crippen molar-refractivity contribution in [2.75, 3.05) is 17.4 Å². The number of nitrogens with zero attached hydrogens (tertiary/aromatic N) is 2. The Labute approximate surface area is 224 Å². The molecule has 0 aromatic heterocycles. The summed E-state index contributed by atoms with van der Waals surface area (Å²) in [7, 11) is -4.13.